The molecular weight excluding hydrogens is 293 g/mol. The second-order valence-corrected chi connectivity index (χ2v) is 3.83. The van der Waals surface area contributed by atoms with Crippen molar-refractivity contribution >= 4 is 34.7 Å². The molecule has 0 fully saturated rings. The number of nitrogens with zero attached hydrogens (tertiary/aromatic N) is 1. The monoisotopic (exact) mass is 299 g/mol. The first-order valence-electron chi connectivity index (χ1n) is 3.80. The maximum absolute atomic E-state index is 11.2. The minimum absolute atomic E-state index is 0.166. The predicted molar refractivity (Wildman–Crippen MR) is 59.3 cm³/mol. The van der Waals surface area contributed by atoms with E-state index < -0.39 is 0 Å². The minimum atomic E-state index is -0.199. The molecule has 0 heterocycles. The molecule has 14 heavy (non-hydrogen) atoms. The summed E-state index contributed by atoms with van der Waals surface area (Å²) in [5.41, 5.74) is 0.759. The molecule has 1 aromatic rings. The minimum Gasteiger partial charge on any atom is -0.298 e. The number of benzene rings is 1. The van der Waals surface area contributed by atoms with Crippen molar-refractivity contribution in [2.75, 3.05) is 0 Å². The zero-order chi connectivity index (χ0) is 10.7. The van der Waals surface area contributed by atoms with E-state index in [4.69, 9.17) is 5.26 Å². The van der Waals surface area contributed by atoms with Crippen LogP contribution in [0.3, 0.4) is 0 Å². The van der Waals surface area contributed by atoms with Crippen molar-refractivity contribution in [1.29, 1.82) is 5.26 Å². The van der Waals surface area contributed by atoms with E-state index in [0.717, 1.165) is 0 Å². The molecule has 0 amide bonds. The summed E-state index contributed by atoms with van der Waals surface area (Å²) in [5.74, 6) is -0.199. The third kappa shape index (κ3) is 1.82. The predicted octanol–water partition coefficient (Wildman–Crippen LogP) is 2.18. The van der Waals surface area contributed by atoms with Gasteiger partial charge in [-0.3, -0.25) is 9.59 Å². The highest BCUT2D eigenvalue weighted by Crippen LogP contribution is 2.20. The molecule has 0 bridgehead atoms. The molecule has 0 saturated carbocycles. The number of hydrogen-bond donors (Lipinski definition) is 0. The van der Waals surface area contributed by atoms with Crippen LogP contribution in [0.5, 0.6) is 0 Å². The number of halogens is 1. The van der Waals surface area contributed by atoms with Crippen molar-refractivity contribution < 1.29 is 9.59 Å². The Bertz CT molecular complexity index is 446. The van der Waals surface area contributed by atoms with E-state index in [9.17, 15) is 9.59 Å². The van der Waals surface area contributed by atoms with Crippen molar-refractivity contribution in [1.82, 2.24) is 0 Å². The standard InChI is InChI=1S/C10H6INO2/c1-6(14)10-8(4-12)7(5-13)2-3-9(10)11/h2-3,5H,1H3. The summed E-state index contributed by atoms with van der Waals surface area (Å²) < 4.78 is 0.692. The SMILES string of the molecule is CC(=O)c1c(I)ccc(C=O)c1C#N. The van der Waals surface area contributed by atoms with Crippen LogP contribution in [-0.2, 0) is 0 Å². The third-order valence-corrected chi connectivity index (χ3v) is 2.68. The Kier molecular flexibility index (Phi) is 3.36. The lowest BCUT2D eigenvalue weighted by Crippen LogP contribution is -2.03. The van der Waals surface area contributed by atoms with Crippen molar-refractivity contribution in [3.8, 4) is 6.07 Å². The van der Waals surface area contributed by atoms with Crippen LogP contribution < -0.4 is 0 Å². The summed E-state index contributed by atoms with van der Waals surface area (Å²) in [7, 11) is 0. The molecule has 70 valence electrons. The van der Waals surface area contributed by atoms with Gasteiger partial charge in [-0.05, 0) is 41.6 Å². The molecule has 0 aliphatic rings. The van der Waals surface area contributed by atoms with E-state index in [-0.39, 0.29) is 16.9 Å². The number of carbonyl (C=O) groups is 2. The van der Waals surface area contributed by atoms with Crippen molar-refractivity contribution in [3.63, 3.8) is 0 Å². The molecule has 0 aliphatic heterocycles. The Morgan fingerprint density at radius 3 is 2.64 bits per heavy atom. The van der Waals surface area contributed by atoms with E-state index >= 15 is 0 Å². The molecule has 0 aromatic heterocycles. The first-order chi connectivity index (χ1) is 6.61. The number of ketones is 1. The highest BCUT2D eigenvalue weighted by molar-refractivity contribution is 14.1. The number of carbonyl (C=O) groups excluding carboxylic acids is 2. The molecular formula is C10H6INO2. The van der Waals surface area contributed by atoms with Crippen molar-refractivity contribution in [3.05, 3.63) is 32.4 Å². The molecule has 4 heteroatoms. The first-order valence-corrected chi connectivity index (χ1v) is 4.88. The van der Waals surface area contributed by atoms with Crippen LogP contribution in [0.15, 0.2) is 12.1 Å². The van der Waals surface area contributed by atoms with Gasteiger partial charge < -0.3 is 0 Å². The Hall–Kier alpha value is -1.22. The number of hydrogen-bond acceptors (Lipinski definition) is 3. The smallest absolute Gasteiger partial charge is 0.162 e. The first kappa shape index (κ1) is 10.9. The van der Waals surface area contributed by atoms with E-state index in [2.05, 4.69) is 0 Å². The summed E-state index contributed by atoms with van der Waals surface area (Å²) >= 11 is 1.97. The molecule has 0 N–H and O–H groups in total. The molecule has 1 aromatic carbocycles. The van der Waals surface area contributed by atoms with Crippen LogP contribution in [0.4, 0.5) is 0 Å². The Morgan fingerprint density at radius 2 is 2.21 bits per heavy atom. The molecule has 0 saturated heterocycles. The summed E-state index contributed by atoms with van der Waals surface area (Å²) in [6, 6.07) is 5.08. The Balaban J connectivity index is 3.61. The van der Waals surface area contributed by atoms with E-state index in [1.54, 1.807) is 12.1 Å². The number of nitriles is 1. The van der Waals surface area contributed by atoms with Crippen molar-refractivity contribution in [2.24, 2.45) is 0 Å². The Labute approximate surface area is 94.9 Å². The van der Waals surface area contributed by atoms with Crippen LogP contribution in [0.25, 0.3) is 0 Å². The number of Topliss-reactive ketones (excluding diaryl/α,β-unsaturated/α-hetero) is 1. The average molecular weight is 299 g/mol. The van der Waals surface area contributed by atoms with Gasteiger partial charge in [0.25, 0.3) is 0 Å². The van der Waals surface area contributed by atoms with E-state index in [1.165, 1.54) is 6.92 Å². The molecule has 0 spiro atoms. The van der Waals surface area contributed by atoms with Gasteiger partial charge in [0.15, 0.2) is 12.1 Å². The third-order valence-electron chi connectivity index (χ3n) is 1.78. The van der Waals surface area contributed by atoms with Crippen LogP contribution in [0, 0.1) is 14.9 Å². The maximum Gasteiger partial charge on any atom is 0.162 e. The van der Waals surface area contributed by atoms with Gasteiger partial charge in [0.2, 0.25) is 0 Å². The number of aldehydes is 1. The van der Waals surface area contributed by atoms with E-state index in [1.807, 2.05) is 28.7 Å². The summed E-state index contributed by atoms with van der Waals surface area (Å²) in [4.78, 5) is 21.8. The molecule has 3 nitrogen and oxygen atoms in total. The normalized spacial score (nSPS) is 9.21. The van der Waals surface area contributed by atoms with Crippen LogP contribution in [0.2, 0.25) is 0 Å². The topological polar surface area (TPSA) is 57.9 Å². The highest BCUT2D eigenvalue weighted by atomic mass is 127. The van der Waals surface area contributed by atoms with Gasteiger partial charge in [-0.1, -0.05) is 0 Å². The fourth-order valence-electron chi connectivity index (χ4n) is 1.16. The van der Waals surface area contributed by atoms with Gasteiger partial charge in [0.05, 0.1) is 5.56 Å². The quantitative estimate of drug-likeness (QED) is 0.478. The molecule has 0 atom stereocenters. The molecule has 0 aliphatic carbocycles. The maximum atomic E-state index is 11.2. The van der Waals surface area contributed by atoms with Gasteiger partial charge in [-0.2, -0.15) is 5.26 Å². The summed E-state index contributed by atoms with van der Waals surface area (Å²) in [6.45, 7) is 1.38. The zero-order valence-corrected chi connectivity index (χ0v) is 9.53. The van der Waals surface area contributed by atoms with Crippen LogP contribution in [-0.4, -0.2) is 12.1 Å². The molecule has 0 unspecified atom stereocenters. The lowest BCUT2D eigenvalue weighted by molar-refractivity contribution is 0.101. The zero-order valence-electron chi connectivity index (χ0n) is 7.37. The second-order valence-electron chi connectivity index (χ2n) is 2.67. The molecule has 0 radical (unpaired) electrons. The fraction of sp³-hybridized carbons (Fsp3) is 0.100. The second kappa shape index (κ2) is 4.33. The lowest BCUT2D eigenvalue weighted by Gasteiger charge is -2.04. The summed E-state index contributed by atoms with van der Waals surface area (Å²) in [6.07, 6.45) is 0.584. The van der Waals surface area contributed by atoms with Gasteiger partial charge >= 0.3 is 0 Å². The highest BCUT2D eigenvalue weighted by Gasteiger charge is 2.14. The molecule has 1 rings (SSSR count). The van der Waals surface area contributed by atoms with E-state index in [0.29, 0.717) is 15.4 Å². The van der Waals surface area contributed by atoms with Gasteiger partial charge in [-0.15, -0.1) is 0 Å². The van der Waals surface area contributed by atoms with Gasteiger partial charge in [0.1, 0.15) is 6.07 Å². The fourth-order valence-corrected chi connectivity index (χ4v) is 1.99. The van der Waals surface area contributed by atoms with Crippen molar-refractivity contribution in [2.45, 2.75) is 6.92 Å². The van der Waals surface area contributed by atoms with Crippen LogP contribution >= 0.6 is 22.6 Å². The summed E-state index contributed by atoms with van der Waals surface area (Å²) in [5, 5.41) is 8.84. The lowest BCUT2D eigenvalue weighted by atomic mass is 10.0. The van der Waals surface area contributed by atoms with Gasteiger partial charge in [0, 0.05) is 14.7 Å². The average Bonchev–Trinajstić information content (AvgIpc) is 2.16. The number of rotatable bonds is 2. The van der Waals surface area contributed by atoms with Gasteiger partial charge in [-0.25, -0.2) is 0 Å². The Morgan fingerprint density at radius 1 is 1.57 bits per heavy atom. The van der Waals surface area contributed by atoms with Crippen LogP contribution in [0.1, 0.15) is 33.2 Å². The largest absolute Gasteiger partial charge is 0.298 e.